The molecule has 0 radical (unpaired) electrons. The minimum Gasteiger partial charge on any atom is -0.493 e. The van der Waals surface area contributed by atoms with Crippen LogP contribution in [0.5, 0.6) is 11.5 Å². The van der Waals surface area contributed by atoms with Gasteiger partial charge in [0, 0.05) is 11.1 Å². The molecule has 1 unspecified atom stereocenters. The molecule has 0 fully saturated rings. The first kappa shape index (κ1) is 18.9. The Morgan fingerprint density at radius 3 is 2.68 bits per heavy atom. The third-order valence-corrected chi connectivity index (χ3v) is 3.99. The van der Waals surface area contributed by atoms with E-state index in [9.17, 15) is 4.79 Å². The maximum absolute atomic E-state index is 12.1. The molecule has 1 amide bonds. The Kier molecular flexibility index (Phi) is 6.90. The molecule has 0 aliphatic carbocycles. The maximum Gasteiger partial charge on any atom is 0.244 e. The Bertz CT molecular complexity index is 758. The minimum atomic E-state index is -0.194. The predicted octanol–water partition coefficient (Wildman–Crippen LogP) is 4.64. The lowest BCUT2D eigenvalue weighted by molar-refractivity contribution is -0.117. The molecule has 2 aromatic carbocycles. The van der Waals surface area contributed by atoms with Crippen LogP contribution in [0.15, 0.2) is 48.5 Å². The summed E-state index contributed by atoms with van der Waals surface area (Å²) < 4.78 is 10.8. The standard InChI is InChI=1S/C20H22ClNO3/c1-4-25-18-11-9-15(13-19(18)24-3)10-12-20(23)22-14(2)16-7-5-6-8-17(16)21/h5-14H,4H2,1-3H3,(H,22,23)/b12-10+. The molecule has 0 saturated carbocycles. The summed E-state index contributed by atoms with van der Waals surface area (Å²) in [7, 11) is 1.59. The van der Waals surface area contributed by atoms with Gasteiger partial charge in [0.05, 0.1) is 19.8 Å². The number of benzene rings is 2. The van der Waals surface area contributed by atoms with Crippen molar-refractivity contribution >= 4 is 23.6 Å². The zero-order valence-corrected chi connectivity index (χ0v) is 15.3. The number of hydrogen-bond acceptors (Lipinski definition) is 3. The van der Waals surface area contributed by atoms with Gasteiger partial charge in [-0.15, -0.1) is 0 Å². The second kappa shape index (κ2) is 9.14. The number of rotatable bonds is 7. The molecule has 0 spiro atoms. The second-order valence-corrected chi connectivity index (χ2v) is 5.84. The maximum atomic E-state index is 12.1. The van der Waals surface area contributed by atoms with Crippen LogP contribution >= 0.6 is 11.6 Å². The molecule has 0 bridgehead atoms. The van der Waals surface area contributed by atoms with Crippen molar-refractivity contribution in [1.29, 1.82) is 0 Å². The van der Waals surface area contributed by atoms with Gasteiger partial charge in [-0.2, -0.15) is 0 Å². The summed E-state index contributed by atoms with van der Waals surface area (Å²) in [4.78, 5) is 12.1. The van der Waals surface area contributed by atoms with Gasteiger partial charge in [-0.3, -0.25) is 4.79 Å². The van der Waals surface area contributed by atoms with E-state index in [2.05, 4.69) is 5.32 Å². The summed E-state index contributed by atoms with van der Waals surface area (Å²) in [6.45, 7) is 4.37. The molecule has 0 aromatic heterocycles. The second-order valence-electron chi connectivity index (χ2n) is 5.43. The van der Waals surface area contributed by atoms with Crippen LogP contribution in [0.3, 0.4) is 0 Å². The highest BCUT2D eigenvalue weighted by atomic mass is 35.5. The van der Waals surface area contributed by atoms with Crippen LogP contribution in [0.1, 0.15) is 31.0 Å². The number of ether oxygens (including phenoxy) is 2. The van der Waals surface area contributed by atoms with Gasteiger partial charge in [0.2, 0.25) is 5.91 Å². The Morgan fingerprint density at radius 2 is 2.00 bits per heavy atom. The van der Waals surface area contributed by atoms with Crippen LogP contribution < -0.4 is 14.8 Å². The molecule has 0 aliphatic rings. The van der Waals surface area contributed by atoms with E-state index in [-0.39, 0.29) is 11.9 Å². The fourth-order valence-electron chi connectivity index (χ4n) is 2.40. The topological polar surface area (TPSA) is 47.6 Å². The molecule has 1 N–H and O–H groups in total. The summed E-state index contributed by atoms with van der Waals surface area (Å²) in [6, 6.07) is 12.8. The van der Waals surface area contributed by atoms with E-state index < -0.39 is 0 Å². The van der Waals surface area contributed by atoms with Crippen LogP contribution in [0, 0.1) is 0 Å². The number of carbonyl (C=O) groups excluding carboxylic acids is 1. The molecule has 0 saturated heterocycles. The number of nitrogens with one attached hydrogen (secondary N) is 1. The van der Waals surface area contributed by atoms with E-state index in [1.54, 1.807) is 13.2 Å². The molecule has 5 heteroatoms. The highest BCUT2D eigenvalue weighted by Crippen LogP contribution is 2.28. The summed E-state index contributed by atoms with van der Waals surface area (Å²) in [5.74, 6) is 1.12. The van der Waals surface area contributed by atoms with Gasteiger partial charge in [-0.25, -0.2) is 0 Å². The lowest BCUT2D eigenvalue weighted by atomic mass is 10.1. The highest BCUT2D eigenvalue weighted by molar-refractivity contribution is 6.31. The Labute approximate surface area is 153 Å². The number of halogens is 1. The van der Waals surface area contributed by atoms with Gasteiger partial charge in [0.15, 0.2) is 11.5 Å². The van der Waals surface area contributed by atoms with Gasteiger partial charge in [-0.1, -0.05) is 35.9 Å². The third-order valence-electron chi connectivity index (χ3n) is 3.65. The largest absolute Gasteiger partial charge is 0.493 e. The quantitative estimate of drug-likeness (QED) is 0.733. The van der Waals surface area contributed by atoms with E-state index in [1.807, 2.05) is 56.3 Å². The lowest BCUT2D eigenvalue weighted by Crippen LogP contribution is -2.24. The normalized spacial score (nSPS) is 12.0. The zero-order chi connectivity index (χ0) is 18.2. The lowest BCUT2D eigenvalue weighted by Gasteiger charge is -2.14. The van der Waals surface area contributed by atoms with Gasteiger partial charge < -0.3 is 14.8 Å². The molecule has 4 nitrogen and oxygen atoms in total. The SMILES string of the molecule is CCOc1ccc(/C=C/C(=O)NC(C)c2ccccc2Cl)cc1OC. The first-order valence-electron chi connectivity index (χ1n) is 8.09. The molecule has 1 atom stereocenters. The van der Waals surface area contributed by atoms with Crippen molar-refractivity contribution in [3.05, 3.63) is 64.7 Å². The zero-order valence-electron chi connectivity index (χ0n) is 14.6. The van der Waals surface area contributed by atoms with Gasteiger partial charge >= 0.3 is 0 Å². The molecular formula is C20H22ClNO3. The summed E-state index contributed by atoms with van der Waals surface area (Å²) in [6.07, 6.45) is 3.22. The van der Waals surface area contributed by atoms with Crippen LogP contribution in [-0.2, 0) is 4.79 Å². The number of hydrogen-bond donors (Lipinski definition) is 1. The van der Waals surface area contributed by atoms with Crippen molar-refractivity contribution in [3.8, 4) is 11.5 Å². The molecule has 2 rings (SSSR count). The van der Waals surface area contributed by atoms with Gasteiger partial charge in [0.1, 0.15) is 0 Å². The van der Waals surface area contributed by atoms with Crippen molar-refractivity contribution in [1.82, 2.24) is 5.32 Å². The van der Waals surface area contributed by atoms with E-state index in [1.165, 1.54) is 6.08 Å². The van der Waals surface area contributed by atoms with Crippen molar-refractivity contribution in [2.24, 2.45) is 0 Å². The fourth-order valence-corrected chi connectivity index (χ4v) is 2.70. The van der Waals surface area contributed by atoms with Crippen molar-refractivity contribution in [3.63, 3.8) is 0 Å². The molecular weight excluding hydrogens is 338 g/mol. The molecule has 0 aliphatic heterocycles. The van der Waals surface area contributed by atoms with Crippen molar-refractivity contribution in [2.75, 3.05) is 13.7 Å². The smallest absolute Gasteiger partial charge is 0.244 e. The Hall–Kier alpha value is -2.46. The summed E-state index contributed by atoms with van der Waals surface area (Å²) in [5.41, 5.74) is 1.73. The number of carbonyl (C=O) groups is 1. The van der Waals surface area contributed by atoms with Crippen molar-refractivity contribution in [2.45, 2.75) is 19.9 Å². The fraction of sp³-hybridized carbons (Fsp3) is 0.250. The minimum absolute atomic E-state index is 0.180. The Balaban J connectivity index is 2.03. The van der Waals surface area contributed by atoms with E-state index >= 15 is 0 Å². The monoisotopic (exact) mass is 359 g/mol. The predicted molar refractivity (Wildman–Crippen MR) is 101 cm³/mol. The molecule has 0 heterocycles. The van der Waals surface area contributed by atoms with Gasteiger partial charge in [-0.05, 0) is 49.2 Å². The third kappa shape index (κ3) is 5.26. The average molecular weight is 360 g/mol. The highest BCUT2D eigenvalue weighted by Gasteiger charge is 2.10. The molecule has 132 valence electrons. The van der Waals surface area contributed by atoms with Crippen LogP contribution in [0.2, 0.25) is 5.02 Å². The molecule has 2 aromatic rings. The van der Waals surface area contributed by atoms with Gasteiger partial charge in [0.25, 0.3) is 0 Å². The van der Waals surface area contributed by atoms with E-state index in [4.69, 9.17) is 21.1 Å². The first-order chi connectivity index (χ1) is 12.0. The summed E-state index contributed by atoms with van der Waals surface area (Å²) in [5, 5.41) is 3.54. The first-order valence-corrected chi connectivity index (χ1v) is 8.46. The molecule has 25 heavy (non-hydrogen) atoms. The Morgan fingerprint density at radius 1 is 1.24 bits per heavy atom. The van der Waals surface area contributed by atoms with E-state index in [0.717, 1.165) is 11.1 Å². The average Bonchev–Trinajstić information content (AvgIpc) is 2.61. The van der Waals surface area contributed by atoms with Crippen molar-refractivity contribution < 1.29 is 14.3 Å². The van der Waals surface area contributed by atoms with E-state index in [0.29, 0.717) is 23.1 Å². The number of amides is 1. The number of methoxy groups -OCH3 is 1. The summed E-state index contributed by atoms with van der Waals surface area (Å²) >= 11 is 6.15. The van der Waals surface area contributed by atoms with Crippen LogP contribution in [-0.4, -0.2) is 19.6 Å². The van der Waals surface area contributed by atoms with Crippen LogP contribution in [0.4, 0.5) is 0 Å². The van der Waals surface area contributed by atoms with Crippen LogP contribution in [0.25, 0.3) is 6.08 Å².